The average molecular weight is 284 g/mol. The normalized spacial score (nSPS) is 12.0. The van der Waals surface area contributed by atoms with Gasteiger partial charge in [-0.3, -0.25) is 0 Å². The lowest BCUT2D eigenvalue weighted by Crippen LogP contribution is -2.17. The summed E-state index contributed by atoms with van der Waals surface area (Å²) >= 11 is 1.75. The molecule has 0 aliphatic heterocycles. The topological polar surface area (TPSA) is 34.1 Å². The summed E-state index contributed by atoms with van der Waals surface area (Å²) in [5.41, 5.74) is 1.35. The van der Waals surface area contributed by atoms with Gasteiger partial charge in [-0.15, -0.1) is 11.3 Å². The Hall–Kier alpha value is -0.450. The van der Waals surface area contributed by atoms with Gasteiger partial charge in [0.1, 0.15) is 5.01 Å². The molecule has 1 rings (SSSR count). The Balaban J connectivity index is 2.08. The maximum absolute atomic E-state index is 5.52. The number of ether oxygens (including phenoxy) is 1. The van der Waals surface area contributed by atoms with Crippen LogP contribution in [0.15, 0.2) is 5.38 Å². The van der Waals surface area contributed by atoms with Crippen LogP contribution < -0.4 is 5.32 Å². The predicted octanol–water partition coefficient (Wildman–Crippen LogP) is 3.74. The Labute approximate surface area is 121 Å². The molecule has 1 aromatic rings. The highest BCUT2D eigenvalue weighted by Gasteiger charge is 2.16. The summed E-state index contributed by atoms with van der Waals surface area (Å²) in [4.78, 5) is 4.66. The van der Waals surface area contributed by atoms with Crippen LogP contribution in [0.25, 0.3) is 0 Å². The van der Waals surface area contributed by atoms with E-state index >= 15 is 0 Å². The molecule has 0 fully saturated rings. The standard InChI is InChI=1S/C15H28N2OS/c1-5-6-9-18-10-7-8-16-11-14-17-13(12-19-14)15(2,3)4/h12,16H,5-11H2,1-4H3. The van der Waals surface area contributed by atoms with Crippen LogP contribution in [0.5, 0.6) is 0 Å². The second kappa shape index (κ2) is 8.67. The van der Waals surface area contributed by atoms with Crippen molar-refractivity contribution < 1.29 is 4.74 Å². The third-order valence-corrected chi connectivity index (χ3v) is 3.73. The number of thiazole rings is 1. The van der Waals surface area contributed by atoms with Crippen molar-refractivity contribution in [2.24, 2.45) is 0 Å². The zero-order valence-electron chi connectivity index (χ0n) is 12.8. The van der Waals surface area contributed by atoms with Gasteiger partial charge in [-0.05, 0) is 19.4 Å². The maximum Gasteiger partial charge on any atom is 0.107 e. The summed E-state index contributed by atoms with van der Waals surface area (Å²) in [6.45, 7) is 12.4. The quantitative estimate of drug-likeness (QED) is 0.702. The molecule has 3 nitrogen and oxygen atoms in total. The second-order valence-corrected chi connectivity index (χ2v) is 6.82. The van der Waals surface area contributed by atoms with Gasteiger partial charge in [0.15, 0.2) is 0 Å². The summed E-state index contributed by atoms with van der Waals surface area (Å²) in [5.74, 6) is 0. The summed E-state index contributed by atoms with van der Waals surface area (Å²) in [6, 6.07) is 0. The minimum atomic E-state index is 0.155. The van der Waals surface area contributed by atoms with Gasteiger partial charge in [0.2, 0.25) is 0 Å². The third-order valence-electron chi connectivity index (χ3n) is 2.88. The molecule has 1 heterocycles. The van der Waals surface area contributed by atoms with E-state index in [1.165, 1.54) is 23.5 Å². The third kappa shape index (κ3) is 7.04. The molecule has 0 aromatic carbocycles. The van der Waals surface area contributed by atoms with Crippen LogP contribution in [-0.4, -0.2) is 24.7 Å². The van der Waals surface area contributed by atoms with Gasteiger partial charge in [-0.25, -0.2) is 4.98 Å². The Bertz CT molecular complexity index is 344. The molecule has 0 radical (unpaired) electrons. The zero-order valence-corrected chi connectivity index (χ0v) is 13.6. The first-order valence-electron chi connectivity index (χ1n) is 7.27. The molecule has 0 atom stereocenters. The van der Waals surface area contributed by atoms with Gasteiger partial charge in [0.05, 0.1) is 5.69 Å². The molecule has 0 bridgehead atoms. The zero-order chi connectivity index (χ0) is 14.1. The lowest BCUT2D eigenvalue weighted by molar-refractivity contribution is 0.129. The molecule has 110 valence electrons. The molecular weight excluding hydrogens is 256 g/mol. The van der Waals surface area contributed by atoms with Crippen molar-refractivity contribution in [3.63, 3.8) is 0 Å². The van der Waals surface area contributed by atoms with Crippen LogP contribution in [-0.2, 0) is 16.7 Å². The number of rotatable bonds is 9. The molecule has 0 aliphatic carbocycles. The number of unbranched alkanes of at least 4 members (excludes halogenated alkanes) is 1. The number of hydrogen-bond acceptors (Lipinski definition) is 4. The van der Waals surface area contributed by atoms with Crippen molar-refractivity contribution in [2.45, 2.75) is 58.9 Å². The SMILES string of the molecule is CCCCOCCCNCc1nc(C(C)(C)C)cs1. The van der Waals surface area contributed by atoms with Crippen molar-refractivity contribution in [1.82, 2.24) is 10.3 Å². The molecule has 0 saturated heterocycles. The van der Waals surface area contributed by atoms with Gasteiger partial charge >= 0.3 is 0 Å². The number of hydrogen-bond donors (Lipinski definition) is 1. The Kier molecular flexibility index (Phi) is 7.57. The Morgan fingerprint density at radius 3 is 2.63 bits per heavy atom. The first-order chi connectivity index (χ1) is 9.04. The van der Waals surface area contributed by atoms with E-state index in [1.54, 1.807) is 11.3 Å². The van der Waals surface area contributed by atoms with E-state index < -0.39 is 0 Å². The average Bonchev–Trinajstić information content (AvgIpc) is 2.81. The Morgan fingerprint density at radius 1 is 1.26 bits per heavy atom. The summed E-state index contributed by atoms with van der Waals surface area (Å²) in [7, 11) is 0. The van der Waals surface area contributed by atoms with Crippen LogP contribution in [0.4, 0.5) is 0 Å². The fourth-order valence-corrected chi connectivity index (χ4v) is 2.57. The van der Waals surface area contributed by atoms with Gasteiger partial charge < -0.3 is 10.1 Å². The molecule has 0 amide bonds. The predicted molar refractivity (Wildman–Crippen MR) is 82.9 cm³/mol. The molecule has 0 saturated carbocycles. The van der Waals surface area contributed by atoms with Gasteiger partial charge in [-0.1, -0.05) is 34.1 Å². The first kappa shape index (κ1) is 16.6. The number of nitrogens with one attached hydrogen (secondary N) is 1. The lowest BCUT2D eigenvalue weighted by Gasteiger charge is -2.14. The molecule has 0 unspecified atom stereocenters. The van der Waals surface area contributed by atoms with E-state index in [0.29, 0.717) is 0 Å². The molecule has 1 N–H and O–H groups in total. The highest BCUT2D eigenvalue weighted by atomic mass is 32.1. The summed E-state index contributed by atoms with van der Waals surface area (Å²) in [5, 5.41) is 6.77. The first-order valence-corrected chi connectivity index (χ1v) is 8.15. The largest absolute Gasteiger partial charge is 0.381 e. The number of nitrogens with zero attached hydrogens (tertiary/aromatic N) is 1. The minimum absolute atomic E-state index is 0.155. The summed E-state index contributed by atoms with van der Waals surface area (Å²) in [6.07, 6.45) is 3.45. The highest BCUT2D eigenvalue weighted by Crippen LogP contribution is 2.23. The van der Waals surface area contributed by atoms with E-state index in [-0.39, 0.29) is 5.41 Å². The van der Waals surface area contributed by atoms with Crippen molar-refractivity contribution in [2.75, 3.05) is 19.8 Å². The van der Waals surface area contributed by atoms with Crippen molar-refractivity contribution >= 4 is 11.3 Å². The summed E-state index contributed by atoms with van der Waals surface area (Å²) < 4.78 is 5.52. The van der Waals surface area contributed by atoms with Crippen LogP contribution in [0.2, 0.25) is 0 Å². The monoisotopic (exact) mass is 284 g/mol. The van der Waals surface area contributed by atoms with Crippen LogP contribution in [0, 0.1) is 0 Å². The van der Waals surface area contributed by atoms with Crippen LogP contribution >= 0.6 is 11.3 Å². The molecule has 19 heavy (non-hydrogen) atoms. The fraction of sp³-hybridized carbons (Fsp3) is 0.800. The highest BCUT2D eigenvalue weighted by molar-refractivity contribution is 7.09. The molecule has 0 spiro atoms. The molecule has 4 heteroatoms. The van der Waals surface area contributed by atoms with Gasteiger partial charge in [-0.2, -0.15) is 0 Å². The number of aromatic nitrogens is 1. The van der Waals surface area contributed by atoms with E-state index in [4.69, 9.17) is 4.74 Å². The van der Waals surface area contributed by atoms with E-state index in [9.17, 15) is 0 Å². The van der Waals surface area contributed by atoms with Gasteiger partial charge in [0.25, 0.3) is 0 Å². The van der Waals surface area contributed by atoms with Crippen molar-refractivity contribution in [1.29, 1.82) is 0 Å². The fourth-order valence-electron chi connectivity index (χ4n) is 1.58. The lowest BCUT2D eigenvalue weighted by atomic mass is 9.93. The van der Waals surface area contributed by atoms with E-state index in [0.717, 1.165) is 32.7 Å². The minimum Gasteiger partial charge on any atom is -0.381 e. The Morgan fingerprint density at radius 2 is 2.00 bits per heavy atom. The van der Waals surface area contributed by atoms with E-state index in [1.807, 2.05) is 0 Å². The maximum atomic E-state index is 5.52. The smallest absolute Gasteiger partial charge is 0.107 e. The van der Waals surface area contributed by atoms with E-state index in [2.05, 4.69) is 43.4 Å². The molecule has 1 aromatic heterocycles. The second-order valence-electron chi connectivity index (χ2n) is 5.87. The van der Waals surface area contributed by atoms with Crippen LogP contribution in [0.1, 0.15) is 57.7 Å². The molecular formula is C15H28N2OS. The van der Waals surface area contributed by atoms with Crippen molar-refractivity contribution in [3.05, 3.63) is 16.1 Å². The van der Waals surface area contributed by atoms with Crippen LogP contribution in [0.3, 0.4) is 0 Å². The van der Waals surface area contributed by atoms with Crippen molar-refractivity contribution in [3.8, 4) is 0 Å². The molecule has 0 aliphatic rings. The van der Waals surface area contributed by atoms with Gasteiger partial charge in [0, 0.05) is 30.6 Å².